The van der Waals surface area contributed by atoms with Crippen LogP contribution < -0.4 is 16.6 Å². The van der Waals surface area contributed by atoms with Crippen LogP contribution in [0.2, 0.25) is 0 Å². The highest BCUT2D eigenvalue weighted by Crippen LogP contribution is 2.23. The second kappa shape index (κ2) is 5.84. The molecule has 4 N–H and O–H groups in total. The Hall–Kier alpha value is -1.59. The predicted octanol–water partition coefficient (Wildman–Crippen LogP) is 1.60. The Balaban J connectivity index is 2.05. The van der Waals surface area contributed by atoms with Crippen LogP contribution in [0.1, 0.15) is 25.0 Å². The number of hydrazine groups is 1. The fourth-order valence-electron chi connectivity index (χ4n) is 1.78. The van der Waals surface area contributed by atoms with Gasteiger partial charge in [-0.2, -0.15) is 0 Å². The van der Waals surface area contributed by atoms with Crippen molar-refractivity contribution in [3.63, 3.8) is 0 Å². The molecule has 5 nitrogen and oxygen atoms in total. The molecule has 0 aliphatic carbocycles. The van der Waals surface area contributed by atoms with Crippen molar-refractivity contribution in [1.29, 1.82) is 0 Å². The Morgan fingerprint density at radius 3 is 2.89 bits per heavy atom. The summed E-state index contributed by atoms with van der Waals surface area (Å²) in [6.07, 6.45) is 0. The first-order chi connectivity index (χ1) is 8.69. The van der Waals surface area contributed by atoms with Crippen molar-refractivity contribution in [1.82, 2.24) is 5.43 Å². The fraction of sp³-hybridized carbons (Fsp3) is 0.462. The first kappa shape index (κ1) is 12.9. The molecular weight excluding hydrogens is 228 g/mol. The second-order valence-electron chi connectivity index (χ2n) is 4.83. The van der Waals surface area contributed by atoms with E-state index >= 15 is 0 Å². The lowest BCUT2D eigenvalue weighted by atomic mass is 10.1. The smallest absolute Gasteiger partial charge is 0.210 e. The molecule has 0 saturated heterocycles. The summed E-state index contributed by atoms with van der Waals surface area (Å²) in [7, 11) is 0. The van der Waals surface area contributed by atoms with Crippen molar-refractivity contribution >= 4 is 11.6 Å². The number of fused-ring (bicyclic) bond motifs is 1. The number of ether oxygens (including phenoxy) is 1. The molecule has 0 aromatic heterocycles. The SMILES string of the molecule is CC(C)CN=C(NN)Nc1ccc2c(c1)COC2. The van der Waals surface area contributed by atoms with Crippen molar-refractivity contribution in [2.75, 3.05) is 11.9 Å². The van der Waals surface area contributed by atoms with Gasteiger partial charge in [-0.25, -0.2) is 5.84 Å². The molecule has 1 aromatic rings. The van der Waals surface area contributed by atoms with Crippen LogP contribution in [0.5, 0.6) is 0 Å². The minimum Gasteiger partial charge on any atom is -0.372 e. The van der Waals surface area contributed by atoms with E-state index in [2.05, 4.69) is 41.7 Å². The Morgan fingerprint density at radius 2 is 2.17 bits per heavy atom. The zero-order valence-electron chi connectivity index (χ0n) is 10.9. The lowest BCUT2D eigenvalue weighted by molar-refractivity contribution is 0.134. The predicted molar refractivity (Wildman–Crippen MR) is 73.0 cm³/mol. The van der Waals surface area contributed by atoms with Gasteiger partial charge in [0.05, 0.1) is 13.2 Å². The van der Waals surface area contributed by atoms with Crippen LogP contribution in [0.15, 0.2) is 23.2 Å². The van der Waals surface area contributed by atoms with Gasteiger partial charge < -0.3 is 10.1 Å². The summed E-state index contributed by atoms with van der Waals surface area (Å²) >= 11 is 0. The number of guanidine groups is 1. The van der Waals surface area contributed by atoms with Gasteiger partial charge in [0.2, 0.25) is 5.96 Å². The molecular formula is C13H20N4O. The van der Waals surface area contributed by atoms with E-state index in [0.717, 1.165) is 12.2 Å². The second-order valence-corrected chi connectivity index (χ2v) is 4.83. The van der Waals surface area contributed by atoms with E-state index in [1.54, 1.807) is 0 Å². The average molecular weight is 248 g/mol. The van der Waals surface area contributed by atoms with Gasteiger partial charge in [-0.05, 0) is 29.2 Å². The number of aliphatic imine (C=N–C) groups is 1. The van der Waals surface area contributed by atoms with Gasteiger partial charge in [0.15, 0.2) is 0 Å². The molecule has 1 aliphatic heterocycles. The fourth-order valence-corrected chi connectivity index (χ4v) is 1.78. The quantitative estimate of drug-likeness (QED) is 0.329. The van der Waals surface area contributed by atoms with Crippen molar-refractivity contribution in [3.05, 3.63) is 29.3 Å². The van der Waals surface area contributed by atoms with Crippen LogP contribution in [0, 0.1) is 5.92 Å². The van der Waals surface area contributed by atoms with Gasteiger partial charge >= 0.3 is 0 Å². The number of hydrogen-bond acceptors (Lipinski definition) is 3. The summed E-state index contributed by atoms with van der Waals surface area (Å²) in [5.74, 6) is 6.54. The summed E-state index contributed by atoms with van der Waals surface area (Å²) in [6.45, 7) is 6.35. The van der Waals surface area contributed by atoms with Gasteiger partial charge in [0.25, 0.3) is 0 Å². The Bertz CT molecular complexity index is 443. The average Bonchev–Trinajstić information content (AvgIpc) is 2.81. The van der Waals surface area contributed by atoms with E-state index in [1.165, 1.54) is 11.1 Å². The monoisotopic (exact) mass is 248 g/mol. The molecule has 98 valence electrons. The summed E-state index contributed by atoms with van der Waals surface area (Å²) in [5, 5.41) is 3.17. The molecule has 1 heterocycles. The summed E-state index contributed by atoms with van der Waals surface area (Å²) in [6, 6.07) is 6.15. The van der Waals surface area contributed by atoms with Gasteiger partial charge in [-0.15, -0.1) is 0 Å². The summed E-state index contributed by atoms with van der Waals surface area (Å²) in [4.78, 5) is 4.37. The first-order valence-corrected chi connectivity index (χ1v) is 6.16. The lowest BCUT2D eigenvalue weighted by Gasteiger charge is -2.11. The number of nitrogens with zero attached hydrogens (tertiary/aromatic N) is 1. The highest BCUT2D eigenvalue weighted by molar-refractivity contribution is 5.93. The topological polar surface area (TPSA) is 71.7 Å². The largest absolute Gasteiger partial charge is 0.372 e. The van der Waals surface area contributed by atoms with Crippen molar-refractivity contribution in [2.24, 2.45) is 16.8 Å². The number of hydrogen-bond donors (Lipinski definition) is 3. The zero-order chi connectivity index (χ0) is 13.0. The Morgan fingerprint density at radius 1 is 1.39 bits per heavy atom. The molecule has 0 radical (unpaired) electrons. The Labute approximate surface area is 107 Å². The van der Waals surface area contributed by atoms with Gasteiger partial charge in [0, 0.05) is 12.2 Å². The van der Waals surface area contributed by atoms with Crippen molar-refractivity contribution < 1.29 is 4.74 Å². The molecule has 0 bridgehead atoms. The van der Waals surface area contributed by atoms with E-state index in [1.807, 2.05) is 6.07 Å². The third kappa shape index (κ3) is 3.21. The highest BCUT2D eigenvalue weighted by atomic mass is 16.5. The summed E-state index contributed by atoms with van der Waals surface area (Å²) < 4.78 is 5.38. The minimum atomic E-state index is 0.503. The molecule has 5 heteroatoms. The van der Waals surface area contributed by atoms with E-state index in [-0.39, 0.29) is 0 Å². The molecule has 0 saturated carbocycles. The van der Waals surface area contributed by atoms with Crippen LogP contribution in [0.4, 0.5) is 5.69 Å². The van der Waals surface area contributed by atoms with Crippen LogP contribution in [-0.2, 0) is 18.0 Å². The number of nitrogens with two attached hydrogens (primary N) is 1. The normalized spacial score (nSPS) is 14.8. The first-order valence-electron chi connectivity index (χ1n) is 6.16. The molecule has 1 aliphatic rings. The van der Waals surface area contributed by atoms with E-state index in [4.69, 9.17) is 10.6 Å². The number of nitrogens with one attached hydrogen (secondary N) is 2. The maximum atomic E-state index is 5.45. The number of anilines is 1. The summed E-state index contributed by atoms with van der Waals surface area (Å²) in [5.41, 5.74) is 6.03. The molecule has 0 fully saturated rings. The van der Waals surface area contributed by atoms with Crippen LogP contribution in [0.25, 0.3) is 0 Å². The highest BCUT2D eigenvalue weighted by Gasteiger charge is 2.11. The third-order valence-electron chi connectivity index (χ3n) is 2.74. The molecule has 1 aromatic carbocycles. The third-order valence-corrected chi connectivity index (χ3v) is 2.74. The molecule has 2 rings (SSSR count). The number of benzene rings is 1. The van der Waals surface area contributed by atoms with E-state index in [9.17, 15) is 0 Å². The molecule has 0 amide bonds. The van der Waals surface area contributed by atoms with Crippen LogP contribution in [0.3, 0.4) is 0 Å². The van der Waals surface area contributed by atoms with Crippen molar-refractivity contribution in [3.8, 4) is 0 Å². The standard InChI is InChI=1S/C13H20N4O/c1-9(2)6-15-13(17-14)16-12-4-3-10-7-18-8-11(10)5-12/h3-5,9H,6-8,14H2,1-2H3,(H2,15,16,17). The molecule has 18 heavy (non-hydrogen) atoms. The molecule has 0 spiro atoms. The lowest BCUT2D eigenvalue weighted by Crippen LogP contribution is -2.36. The van der Waals surface area contributed by atoms with Gasteiger partial charge in [-0.3, -0.25) is 10.4 Å². The minimum absolute atomic E-state index is 0.503. The van der Waals surface area contributed by atoms with Crippen molar-refractivity contribution in [2.45, 2.75) is 27.1 Å². The zero-order valence-corrected chi connectivity index (χ0v) is 10.9. The van der Waals surface area contributed by atoms with Crippen LogP contribution >= 0.6 is 0 Å². The maximum Gasteiger partial charge on any atom is 0.210 e. The number of rotatable bonds is 3. The Kier molecular flexibility index (Phi) is 4.17. The maximum absolute atomic E-state index is 5.45. The van der Waals surface area contributed by atoms with Gasteiger partial charge in [0.1, 0.15) is 0 Å². The van der Waals surface area contributed by atoms with E-state index < -0.39 is 0 Å². The molecule has 0 atom stereocenters. The van der Waals surface area contributed by atoms with Crippen LogP contribution in [-0.4, -0.2) is 12.5 Å². The van der Waals surface area contributed by atoms with E-state index in [0.29, 0.717) is 25.1 Å². The van der Waals surface area contributed by atoms with Gasteiger partial charge in [-0.1, -0.05) is 19.9 Å². The molecule has 0 unspecified atom stereocenters.